The number of nitrogens with one attached hydrogen (secondary N) is 2. The van der Waals surface area contributed by atoms with E-state index in [2.05, 4.69) is 21.9 Å². The summed E-state index contributed by atoms with van der Waals surface area (Å²) in [5, 5.41) is 7.00. The maximum Gasteiger partial charge on any atom is 0.418 e. The molecular formula is C36H52N4O7S. The van der Waals surface area contributed by atoms with Crippen LogP contribution < -0.4 is 15.4 Å². The number of anilines is 2. The van der Waals surface area contributed by atoms with E-state index in [-0.39, 0.29) is 23.0 Å². The Hall–Kier alpha value is -3.80. The molecule has 1 aromatic heterocycles. The molecule has 2 N–H and O–H groups in total. The molecule has 0 saturated carbocycles. The minimum absolute atomic E-state index is 0.0720. The summed E-state index contributed by atoms with van der Waals surface area (Å²) in [5.74, 6) is -2.54. The lowest BCUT2D eigenvalue weighted by Gasteiger charge is -2.23. The molecule has 1 aromatic carbocycles. The van der Waals surface area contributed by atoms with E-state index in [4.69, 9.17) is 9.47 Å². The topological polar surface area (TPSA) is 144 Å². The van der Waals surface area contributed by atoms with E-state index in [0.29, 0.717) is 17.0 Å². The lowest BCUT2D eigenvalue weighted by atomic mass is 10.0. The van der Waals surface area contributed by atoms with Gasteiger partial charge in [0.2, 0.25) is 11.7 Å². The zero-order valence-electron chi connectivity index (χ0n) is 28.9. The number of methoxy groups -OCH3 is 1. The lowest BCUT2D eigenvalue weighted by Crippen LogP contribution is -2.53. The average Bonchev–Trinajstić information content (AvgIpc) is 3.66. The van der Waals surface area contributed by atoms with E-state index in [9.17, 15) is 24.0 Å². The van der Waals surface area contributed by atoms with Crippen LogP contribution in [0.1, 0.15) is 134 Å². The number of aromatic nitrogens is 1. The molecule has 4 amide bonds. The molecular weight excluding hydrogens is 632 g/mol. The van der Waals surface area contributed by atoms with Gasteiger partial charge in [-0.3, -0.25) is 19.2 Å². The van der Waals surface area contributed by atoms with Gasteiger partial charge in [0.25, 0.3) is 11.8 Å². The van der Waals surface area contributed by atoms with Gasteiger partial charge in [0.1, 0.15) is 11.4 Å². The first-order chi connectivity index (χ1) is 23.1. The fraction of sp³-hybridized carbons (Fsp3) is 0.611. The summed E-state index contributed by atoms with van der Waals surface area (Å²) >= 11 is 0.992. The van der Waals surface area contributed by atoms with Gasteiger partial charge in [-0.25, -0.2) is 9.69 Å². The maximum atomic E-state index is 13.6. The molecule has 3 rings (SSSR count). The molecule has 2 aromatic rings. The maximum absolute atomic E-state index is 13.6. The van der Waals surface area contributed by atoms with Gasteiger partial charge >= 0.3 is 6.09 Å². The number of unbranched alkanes of at least 4 members (excludes halogenated alkanes) is 14. The Morgan fingerprint density at radius 2 is 1.46 bits per heavy atom. The number of carbonyl (C=O) groups excluding carboxylic acids is 5. The quantitative estimate of drug-likeness (QED) is 0.0676. The highest BCUT2D eigenvalue weighted by Crippen LogP contribution is 2.31. The van der Waals surface area contributed by atoms with Crippen molar-refractivity contribution in [1.82, 2.24) is 9.27 Å². The second-order valence-corrected chi connectivity index (χ2v) is 13.5. The van der Waals surface area contributed by atoms with Crippen molar-refractivity contribution >= 4 is 52.5 Å². The van der Waals surface area contributed by atoms with Crippen molar-refractivity contribution in [2.45, 2.75) is 135 Å². The van der Waals surface area contributed by atoms with Crippen molar-refractivity contribution in [3.8, 4) is 5.75 Å². The van der Waals surface area contributed by atoms with Gasteiger partial charge < -0.3 is 20.1 Å². The SMILES string of the molecule is CCCCCCCCCCCCCCCCCC(=O)Nc1ccc(OC)c(NC(=O)C(C(=O)c2ccsn2)N2C(=O)OC(C)(C)C2=O)c1. The Balaban J connectivity index is 1.47. The number of ether oxygens (including phenoxy) is 2. The highest BCUT2D eigenvalue weighted by atomic mass is 32.1. The molecule has 1 unspecified atom stereocenters. The van der Waals surface area contributed by atoms with Crippen molar-refractivity contribution < 1.29 is 33.4 Å². The van der Waals surface area contributed by atoms with Gasteiger partial charge in [-0.05, 0) is 56.1 Å². The summed E-state index contributed by atoms with van der Waals surface area (Å²) in [4.78, 5) is 65.9. The summed E-state index contributed by atoms with van der Waals surface area (Å²) < 4.78 is 14.5. The van der Waals surface area contributed by atoms with Crippen LogP contribution in [-0.2, 0) is 19.1 Å². The number of ketones is 1. The van der Waals surface area contributed by atoms with Crippen molar-refractivity contribution in [1.29, 1.82) is 0 Å². The number of benzene rings is 1. The van der Waals surface area contributed by atoms with E-state index in [1.165, 1.54) is 110 Å². The third-order valence-electron chi connectivity index (χ3n) is 8.47. The summed E-state index contributed by atoms with van der Waals surface area (Å²) in [6.45, 7) is 5.01. The first-order valence-electron chi connectivity index (χ1n) is 17.4. The Kier molecular flexibility index (Phi) is 16.0. The third kappa shape index (κ3) is 11.7. The number of Topliss-reactive ketones (excluding diaryl/α,β-unsaturated/α-hetero) is 1. The molecule has 1 atom stereocenters. The Bertz CT molecular complexity index is 1360. The van der Waals surface area contributed by atoms with Crippen LogP contribution in [0.5, 0.6) is 5.75 Å². The Morgan fingerprint density at radius 3 is 1.96 bits per heavy atom. The molecule has 12 heteroatoms. The number of rotatable bonds is 23. The molecule has 264 valence electrons. The van der Waals surface area contributed by atoms with E-state index in [0.717, 1.165) is 30.8 Å². The van der Waals surface area contributed by atoms with Gasteiger partial charge in [0, 0.05) is 17.5 Å². The van der Waals surface area contributed by atoms with Crippen LogP contribution in [-0.4, -0.2) is 57.6 Å². The molecule has 0 bridgehead atoms. The largest absolute Gasteiger partial charge is 0.495 e. The second-order valence-electron chi connectivity index (χ2n) is 12.9. The van der Waals surface area contributed by atoms with Crippen LogP contribution in [0, 0.1) is 0 Å². The number of nitrogens with zero attached hydrogens (tertiary/aromatic N) is 2. The normalized spacial score (nSPS) is 14.5. The molecule has 0 spiro atoms. The highest BCUT2D eigenvalue weighted by Gasteiger charge is 2.54. The van der Waals surface area contributed by atoms with E-state index < -0.39 is 35.3 Å². The number of hydrogen-bond donors (Lipinski definition) is 2. The minimum atomic E-state index is -1.87. The number of hydrogen-bond acceptors (Lipinski definition) is 9. The van der Waals surface area contributed by atoms with Crippen LogP contribution in [0.3, 0.4) is 0 Å². The van der Waals surface area contributed by atoms with Crippen LogP contribution in [0.15, 0.2) is 29.6 Å². The predicted octanol–water partition coefficient (Wildman–Crippen LogP) is 8.30. The zero-order chi connectivity index (χ0) is 34.9. The monoisotopic (exact) mass is 684 g/mol. The van der Waals surface area contributed by atoms with Gasteiger partial charge in [0.15, 0.2) is 11.6 Å². The van der Waals surface area contributed by atoms with E-state index in [1.54, 1.807) is 17.5 Å². The lowest BCUT2D eigenvalue weighted by molar-refractivity contribution is -0.137. The fourth-order valence-electron chi connectivity index (χ4n) is 5.70. The van der Waals surface area contributed by atoms with E-state index >= 15 is 0 Å². The van der Waals surface area contributed by atoms with Gasteiger partial charge in [-0.15, -0.1) is 0 Å². The number of carbonyl (C=O) groups is 5. The van der Waals surface area contributed by atoms with Gasteiger partial charge in [0.05, 0.1) is 12.8 Å². The van der Waals surface area contributed by atoms with Crippen molar-refractivity contribution in [3.05, 3.63) is 35.3 Å². The standard InChI is InChI=1S/C36H52N4O7S/c1-5-6-7-8-9-10-11-12-13-14-15-16-17-18-19-20-30(41)37-26-21-22-29(46-4)28(25-26)38-33(43)31(32(42)27-23-24-48-39-27)40-34(44)36(2,3)47-35(40)45/h21-25,31H,5-20H2,1-4H3,(H,37,41)(H,38,43). The minimum Gasteiger partial charge on any atom is -0.495 e. The molecule has 1 aliphatic rings. The first kappa shape index (κ1) is 38.6. The average molecular weight is 685 g/mol. The molecule has 48 heavy (non-hydrogen) atoms. The number of imide groups is 1. The second kappa shape index (κ2) is 19.9. The third-order valence-corrected chi connectivity index (χ3v) is 9.03. The first-order valence-corrected chi connectivity index (χ1v) is 18.2. The summed E-state index contributed by atoms with van der Waals surface area (Å²) in [6.07, 6.45) is 18.0. The molecule has 0 aliphatic carbocycles. The van der Waals surface area contributed by atoms with Crippen molar-refractivity contribution in [2.75, 3.05) is 17.7 Å². The summed E-state index contributed by atoms with van der Waals surface area (Å²) in [5.41, 5.74) is -1.07. The van der Waals surface area contributed by atoms with Gasteiger partial charge in [-0.2, -0.15) is 4.37 Å². The molecule has 11 nitrogen and oxygen atoms in total. The van der Waals surface area contributed by atoms with Crippen LogP contribution in [0.4, 0.5) is 16.2 Å². The molecule has 0 radical (unpaired) electrons. The van der Waals surface area contributed by atoms with Crippen LogP contribution in [0.25, 0.3) is 0 Å². The molecule has 1 aliphatic heterocycles. The van der Waals surface area contributed by atoms with Gasteiger partial charge in [-0.1, -0.05) is 96.8 Å². The van der Waals surface area contributed by atoms with Crippen molar-refractivity contribution in [2.24, 2.45) is 0 Å². The Labute approximate surface area is 288 Å². The number of cyclic esters (lactones) is 1. The molecule has 2 heterocycles. The van der Waals surface area contributed by atoms with Crippen LogP contribution >= 0.6 is 11.5 Å². The van der Waals surface area contributed by atoms with Crippen LogP contribution in [0.2, 0.25) is 0 Å². The summed E-state index contributed by atoms with van der Waals surface area (Å²) in [6, 6.07) is 4.23. The summed E-state index contributed by atoms with van der Waals surface area (Å²) in [7, 11) is 1.40. The Morgan fingerprint density at radius 1 is 0.875 bits per heavy atom. The van der Waals surface area contributed by atoms with E-state index in [1.807, 2.05) is 0 Å². The van der Waals surface area contributed by atoms with Crippen molar-refractivity contribution in [3.63, 3.8) is 0 Å². The molecule has 1 saturated heterocycles. The fourth-order valence-corrected chi connectivity index (χ4v) is 6.22. The number of amides is 4. The molecule has 1 fully saturated rings. The highest BCUT2D eigenvalue weighted by molar-refractivity contribution is 7.03. The predicted molar refractivity (Wildman–Crippen MR) is 187 cm³/mol. The smallest absolute Gasteiger partial charge is 0.418 e. The zero-order valence-corrected chi connectivity index (χ0v) is 29.8.